The van der Waals surface area contributed by atoms with Crippen LogP contribution in [0.2, 0.25) is 0 Å². The van der Waals surface area contributed by atoms with Crippen molar-refractivity contribution in [1.29, 1.82) is 5.26 Å². The highest BCUT2D eigenvalue weighted by Gasteiger charge is 2.13. The van der Waals surface area contributed by atoms with Gasteiger partial charge in [0.1, 0.15) is 12.2 Å². The van der Waals surface area contributed by atoms with Gasteiger partial charge in [0.05, 0.1) is 11.6 Å². The van der Waals surface area contributed by atoms with Gasteiger partial charge in [0, 0.05) is 11.3 Å². The van der Waals surface area contributed by atoms with E-state index >= 15 is 0 Å². The maximum absolute atomic E-state index is 12.9. The first-order valence-corrected chi connectivity index (χ1v) is 8.07. The Kier molecular flexibility index (Phi) is 5.72. The number of hydrogen-bond donors (Lipinski definition) is 1. The lowest BCUT2D eigenvalue weighted by atomic mass is 10.2. The molecule has 1 amide bonds. The van der Waals surface area contributed by atoms with Crippen molar-refractivity contribution < 1.29 is 23.2 Å². The molecule has 3 aromatic rings. The summed E-state index contributed by atoms with van der Waals surface area (Å²) in [5.41, 5.74) is 1.28. The first kappa shape index (κ1) is 18.7. The van der Waals surface area contributed by atoms with Crippen molar-refractivity contribution in [2.45, 2.75) is 13.0 Å². The van der Waals surface area contributed by atoms with E-state index < -0.39 is 11.9 Å². The molecule has 0 aliphatic carbocycles. The van der Waals surface area contributed by atoms with Gasteiger partial charge >= 0.3 is 5.97 Å². The number of nitriles is 1. The molecule has 0 saturated heterocycles. The molecule has 0 radical (unpaired) electrons. The van der Waals surface area contributed by atoms with E-state index in [0.717, 1.165) is 0 Å². The van der Waals surface area contributed by atoms with E-state index in [1.54, 1.807) is 6.07 Å². The van der Waals surface area contributed by atoms with Gasteiger partial charge in [-0.25, -0.2) is 9.18 Å². The monoisotopic (exact) mass is 380 g/mol. The van der Waals surface area contributed by atoms with Crippen LogP contribution in [-0.2, 0) is 16.1 Å². The zero-order valence-corrected chi connectivity index (χ0v) is 14.4. The van der Waals surface area contributed by atoms with Crippen molar-refractivity contribution in [3.8, 4) is 17.5 Å². The number of halogens is 1. The molecule has 1 heterocycles. The number of rotatable bonds is 6. The fraction of sp³-hybridized carbons (Fsp3) is 0.105. The molecule has 28 heavy (non-hydrogen) atoms. The highest BCUT2D eigenvalue weighted by atomic mass is 19.1. The van der Waals surface area contributed by atoms with Crippen molar-refractivity contribution in [2.24, 2.45) is 0 Å². The number of anilines is 1. The third-order valence-corrected chi connectivity index (χ3v) is 3.54. The summed E-state index contributed by atoms with van der Waals surface area (Å²) in [7, 11) is 0. The summed E-state index contributed by atoms with van der Waals surface area (Å²) in [6.45, 7) is -0.228. The smallest absolute Gasteiger partial charge is 0.338 e. The summed E-state index contributed by atoms with van der Waals surface area (Å²) in [4.78, 5) is 27.5. The van der Waals surface area contributed by atoms with Crippen molar-refractivity contribution >= 4 is 17.6 Å². The van der Waals surface area contributed by atoms with Crippen LogP contribution in [0.4, 0.5) is 10.1 Å². The minimum Gasteiger partial charge on any atom is -0.452 e. The lowest BCUT2D eigenvalue weighted by Gasteiger charge is -2.05. The van der Waals surface area contributed by atoms with Crippen LogP contribution in [0.15, 0.2) is 53.1 Å². The van der Waals surface area contributed by atoms with Gasteiger partial charge in [0.2, 0.25) is 11.7 Å². The maximum atomic E-state index is 12.9. The van der Waals surface area contributed by atoms with Crippen molar-refractivity contribution in [3.63, 3.8) is 0 Å². The third-order valence-electron chi connectivity index (χ3n) is 3.54. The maximum Gasteiger partial charge on any atom is 0.338 e. The topological polar surface area (TPSA) is 118 Å². The normalized spacial score (nSPS) is 10.1. The average molecular weight is 380 g/mol. The zero-order valence-electron chi connectivity index (χ0n) is 14.4. The molecule has 1 N–H and O–H groups in total. The van der Waals surface area contributed by atoms with Crippen LogP contribution in [0.1, 0.15) is 22.7 Å². The Morgan fingerprint density at radius 2 is 1.86 bits per heavy atom. The molecule has 0 saturated carbocycles. The van der Waals surface area contributed by atoms with Crippen LogP contribution in [0.25, 0.3) is 11.4 Å². The molecule has 8 nitrogen and oxygen atoms in total. The van der Waals surface area contributed by atoms with E-state index in [9.17, 15) is 14.0 Å². The van der Waals surface area contributed by atoms with E-state index in [-0.39, 0.29) is 36.1 Å². The molecular formula is C19H13FN4O4. The van der Waals surface area contributed by atoms with Gasteiger partial charge in [0.15, 0.2) is 6.61 Å². The quantitative estimate of drug-likeness (QED) is 0.653. The minimum absolute atomic E-state index is 0.0908. The first-order chi connectivity index (χ1) is 13.5. The van der Waals surface area contributed by atoms with Crippen LogP contribution in [0.5, 0.6) is 0 Å². The number of aromatic nitrogens is 2. The second-order valence-electron chi connectivity index (χ2n) is 5.56. The Labute approximate surface area is 158 Å². The molecule has 0 unspecified atom stereocenters. The van der Waals surface area contributed by atoms with Gasteiger partial charge in [0.25, 0.3) is 5.89 Å². The van der Waals surface area contributed by atoms with Crippen molar-refractivity contribution in [3.05, 3.63) is 65.8 Å². The third kappa shape index (κ3) is 4.76. The summed E-state index contributed by atoms with van der Waals surface area (Å²) in [6, 6.07) is 13.3. The van der Waals surface area contributed by atoms with Crippen molar-refractivity contribution in [1.82, 2.24) is 10.1 Å². The van der Waals surface area contributed by atoms with Crippen LogP contribution >= 0.6 is 0 Å². The Morgan fingerprint density at radius 3 is 2.54 bits per heavy atom. The number of esters is 1. The SMILES string of the molecule is N#CCC(=O)Nc1ccc(C(=O)OCc2nc(-c3ccc(F)cc3)no2)cc1. The minimum atomic E-state index is -0.614. The molecule has 2 aromatic carbocycles. The fourth-order valence-corrected chi connectivity index (χ4v) is 2.21. The molecule has 0 aliphatic rings. The summed E-state index contributed by atoms with van der Waals surface area (Å²) in [5, 5.41) is 14.7. The van der Waals surface area contributed by atoms with E-state index in [4.69, 9.17) is 14.5 Å². The van der Waals surface area contributed by atoms with E-state index in [1.165, 1.54) is 48.5 Å². The van der Waals surface area contributed by atoms with Crippen LogP contribution in [0, 0.1) is 17.1 Å². The zero-order chi connectivity index (χ0) is 19.9. The summed E-state index contributed by atoms with van der Waals surface area (Å²) in [6.07, 6.45) is -0.256. The van der Waals surface area contributed by atoms with Gasteiger partial charge in [-0.1, -0.05) is 5.16 Å². The summed E-state index contributed by atoms with van der Waals surface area (Å²) in [5.74, 6) is -1.09. The lowest BCUT2D eigenvalue weighted by Crippen LogP contribution is -2.10. The number of benzene rings is 2. The van der Waals surface area contributed by atoms with E-state index in [1.807, 2.05) is 0 Å². The molecule has 1 aromatic heterocycles. The van der Waals surface area contributed by atoms with Gasteiger partial charge < -0.3 is 14.6 Å². The first-order valence-electron chi connectivity index (χ1n) is 8.07. The Bertz CT molecular complexity index is 1020. The molecular weight excluding hydrogens is 367 g/mol. The van der Waals surface area contributed by atoms with Gasteiger partial charge in [-0.15, -0.1) is 0 Å². The van der Waals surface area contributed by atoms with Gasteiger partial charge in [-0.2, -0.15) is 10.2 Å². The number of amides is 1. The predicted octanol–water partition coefficient (Wildman–Crippen LogP) is 3.08. The molecule has 0 spiro atoms. The largest absolute Gasteiger partial charge is 0.452 e. The van der Waals surface area contributed by atoms with E-state index in [2.05, 4.69) is 15.5 Å². The van der Waals surface area contributed by atoms with Gasteiger partial charge in [-0.05, 0) is 48.5 Å². The summed E-state index contributed by atoms with van der Waals surface area (Å²) >= 11 is 0. The van der Waals surface area contributed by atoms with Crippen molar-refractivity contribution in [2.75, 3.05) is 5.32 Å². The second kappa shape index (κ2) is 8.55. The molecule has 140 valence electrons. The van der Waals surface area contributed by atoms with Gasteiger partial charge in [-0.3, -0.25) is 4.79 Å². The molecule has 0 fully saturated rings. The highest BCUT2D eigenvalue weighted by molar-refractivity contribution is 5.93. The lowest BCUT2D eigenvalue weighted by molar-refractivity contribution is -0.115. The highest BCUT2D eigenvalue weighted by Crippen LogP contribution is 2.17. The molecule has 0 aliphatic heterocycles. The predicted molar refractivity (Wildman–Crippen MR) is 94.1 cm³/mol. The molecule has 0 atom stereocenters. The molecule has 0 bridgehead atoms. The van der Waals surface area contributed by atoms with E-state index in [0.29, 0.717) is 11.3 Å². The number of carbonyl (C=O) groups excluding carboxylic acids is 2. The Hall–Kier alpha value is -4.06. The standard InChI is InChI=1S/C19H13FN4O4/c20-14-5-1-12(2-6-14)18-23-17(28-24-18)11-27-19(26)13-3-7-15(8-4-13)22-16(25)9-10-21/h1-8H,9,11H2,(H,22,25). The number of hydrogen-bond acceptors (Lipinski definition) is 7. The Balaban J connectivity index is 1.56. The number of carbonyl (C=O) groups is 2. The molecule has 3 rings (SSSR count). The Morgan fingerprint density at radius 1 is 1.14 bits per heavy atom. The number of ether oxygens (including phenoxy) is 1. The molecule has 9 heteroatoms. The number of nitrogens with one attached hydrogen (secondary N) is 1. The summed E-state index contributed by atoms with van der Waals surface area (Å²) < 4.78 is 23.1. The van der Waals surface area contributed by atoms with Crippen LogP contribution in [0.3, 0.4) is 0 Å². The number of nitrogens with zero attached hydrogens (tertiary/aromatic N) is 3. The van der Waals surface area contributed by atoms with Crippen LogP contribution in [-0.4, -0.2) is 22.0 Å². The fourth-order valence-electron chi connectivity index (χ4n) is 2.21. The van der Waals surface area contributed by atoms with Crippen LogP contribution < -0.4 is 5.32 Å². The second-order valence-corrected chi connectivity index (χ2v) is 5.56. The average Bonchev–Trinajstić information content (AvgIpc) is 3.16.